The Morgan fingerprint density at radius 1 is 1.32 bits per heavy atom. The second-order valence-corrected chi connectivity index (χ2v) is 6.45. The lowest BCUT2D eigenvalue weighted by Crippen LogP contribution is -2.54. The van der Waals surface area contributed by atoms with Gasteiger partial charge in [0.05, 0.1) is 5.92 Å². The average Bonchev–Trinajstić information content (AvgIpc) is 2.98. The molecule has 0 aliphatic carbocycles. The van der Waals surface area contributed by atoms with Crippen LogP contribution in [-0.4, -0.2) is 46.3 Å². The molecule has 0 bridgehead atoms. The summed E-state index contributed by atoms with van der Waals surface area (Å²) in [4.78, 5) is 20.9. The van der Waals surface area contributed by atoms with Crippen molar-refractivity contribution in [1.29, 1.82) is 0 Å². The van der Waals surface area contributed by atoms with E-state index < -0.39 is 0 Å². The molecule has 1 aromatic rings. The number of carbonyl (C=O) groups is 1. The maximum absolute atomic E-state index is 12.2. The Morgan fingerprint density at radius 3 is 2.58 bits per heavy atom. The van der Waals surface area contributed by atoms with Crippen LogP contribution in [0.3, 0.4) is 0 Å². The zero-order valence-electron chi connectivity index (χ0n) is 11.5. The number of carbonyl (C=O) groups excluding carboxylic acids is 1. The van der Waals surface area contributed by atoms with Gasteiger partial charge in [-0.1, -0.05) is 13.8 Å². The molecule has 3 rings (SSSR count). The van der Waals surface area contributed by atoms with Gasteiger partial charge < -0.3 is 9.80 Å². The molecule has 0 N–H and O–H groups in total. The standard InChI is InChI=1S/C13H20N4OS/c1-9(2)11-14-13(19-15-11)17-7-10(8-17)12(18)16-5-3-4-6-16/h9-10H,3-8H2,1-2H3. The van der Waals surface area contributed by atoms with Crippen LogP contribution in [0, 0.1) is 5.92 Å². The van der Waals surface area contributed by atoms with Crippen molar-refractivity contribution in [2.45, 2.75) is 32.6 Å². The van der Waals surface area contributed by atoms with Crippen molar-refractivity contribution in [2.24, 2.45) is 5.92 Å². The van der Waals surface area contributed by atoms with Crippen LogP contribution in [0.25, 0.3) is 0 Å². The van der Waals surface area contributed by atoms with Crippen molar-refractivity contribution in [3.8, 4) is 0 Å². The highest BCUT2D eigenvalue weighted by Crippen LogP contribution is 2.29. The maximum atomic E-state index is 12.2. The van der Waals surface area contributed by atoms with Gasteiger partial charge in [0.25, 0.3) is 0 Å². The third-order valence-corrected chi connectivity index (χ3v) is 4.66. The summed E-state index contributed by atoms with van der Waals surface area (Å²) in [5.41, 5.74) is 0. The first-order valence-corrected chi connectivity index (χ1v) is 7.80. The molecule has 6 heteroatoms. The highest BCUT2D eigenvalue weighted by Gasteiger charge is 2.37. The molecule has 3 heterocycles. The summed E-state index contributed by atoms with van der Waals surface area (Å²) in [5, 5.41) is 0.967. The van der Waals surface area contributed by atoms with E-state index in [2.05, 4.69) is 28.1 Å². The number of hydrogen-bond acceptors (Lipinski definition) is 5. The molecule has 1 aromatic heterocycles. The SMILES string of the molecule is CC(C)c1nsc(N2CC(C(=O)N3CCCC3)C2)n1. The Kier molecular flexibility index (Phi) is 3.43. The minimum Gasteiger partial charge on any atom is -0.345 e. The minimum atomic E-state index is 0.171. The second kappa shape index (κ2) is 5.07. The third-order valence-electron chi connectivity index (χ3n) is 3.87. The van der Waals surface area contributed by atoms with Gasteiger partial charge in [-0.3, -0.25) is 4.79 Å². The van der Waals surface area contributed by atoms with Crippen LogP contribution in [0.5, 0.6) is 0 Å². The quantitative estimate of drug-likeness (QED) is 0.846. The number of nitrogens with zero attached hydrogens (tertiary/aromatic N) is 4. The average molecular weight is 280 g/mol. The Hall–Kier alpha value is -1.17. The Labute approximate surface area is 117 Å². The van der Waals surface area contributed by atoms with E-state index in [1.807, 2.05) is 4.90 Å². The van der Waals surface area contributed by atoms with Gasteiger partial charge in [-0.05, 0) is 12.8 Å². The van der Waals surface area contributed by atoms with Crippen LogP contribution in [0.2, 0.25) is 0 Å². The van der Waals surface area contributed by atoms with E-state index in [1.165, 1.54) is 11.5 Å². The zero-order valence-corrected chi connectivity index (χ0v) is 12.3. The normalized spacial score (nSPS) is 20.2. The predicted octanol–water partition coefficient (Wildman–Crippen LogP) is 1.72. The fourth-order valence-electron chi connectivity index (χ4n) is 2.58. The third kappa shape index (κ3) is 2.45. The molecule has 2 aliphatic heterocycles. The maximum Gasteiger partial charge on any atom is 0.229 e. The molecule has 0 saturated carbocycles. The lowest BCUT2D eigenvalue weighted by Gasteiger charge is -2.39. The van der Waals surface area contributed by atoms with Crippen molar-refractivity contribution < 1.29 is 4.79 Å². The lowest BCUT2D eigenvalue weighted by molar-refractivity contribution is -0.135. The van der Waals surface area contributed by atoms with Crippen molar-refractivity contribution in [3.63, 3.8) is 0 Å². The number of anilines is 1. The van der Waals surface area contributed by atoms with E-state index in [9.17, 15) is 4.79 Å². The summed E-state index contributed by atoms with van der Waals surface area (Å²) in [5.74, 6) is 1.79. The molecule has 0 radical (unpaired) electrons. The van der Waals surface area contributed by atoms with Crippen LogP contribution >= 0.6 is 11.5 Å². The Morgan fingerprint density at radius 2 is 2.00 bits per heavy atom. The van der Waals surface area contributed by atoms with Crippen molar-refractivity contribution in [1.82, 2.24) is 14.3 Å². The van der Waals surface area contributed by atoms with E-state index in [0.717, 1.165) is 50.0 Å². The molecule has 2 saturated heterocycles. The molecular weight excluding hydrogens is 260 g/mol. The molecule has 2 fully saturated rings. The van der Waals surface area contributed by atoms with E-state index in [4.69, 9.17) is 0 Å². The largest absolute Gasteiger partial charge is 0.345 e. The fraction of sp³-hybridized carbons (Fsp3) is 0.769. The Bertz CT molecular complexity index is 461. The van der Waals surface area contributed by atoms with Crippen LogP contribution in [-0.2, 0) is 4.79 Å². The molecule has 19 heavy (non-hydrogen) atoms. The number of likely N-dealkylation sites (tertiary alicyclic amines) is 1. The van der Waals surface area contributed by atoms with Gasteiger partial charge in [-0.2, -0.15) is 4.37 Å². The van der Waals surface area contributed by atoms with Gasteiger partial charge in [0.15, 0.2) is 0 Å². The summed E-state index contributed by atoms with van der Waals surface area (Å²) in [6.45, 7) is 7.71. The summed E-state index contributed by atoms with van der Waals surface area (Å²) in [6.07, 6.45) is 2.33. The predicted molar refractivity (Wildman–Crippen MR) is 75.5 cm³/mol. The van der Waals surface area contributed by atoms with Crippen LogP contribution in [0.15, 0.2) is 0 Å². The smallest absolute Gasteiger partial charge is 0.229 e. The molecule has 0 spiro atoms. The number of aromatic nitrogens is 2. The molecule has 0 unspecified atom stereocenters. The second-order valence-electron chi connectivity index (χ2n) is 5.72. The first-order valence-electron chi connectivity index (χ1n) is 7.02. The lowest BCUT2D eigenvalue weighted by atomic mass is 9.99. The highest BCUT2D eigenvalue weighted by molar-refractivity contribution is 7.09. The van der Waals surface area contributed by atoms with E-state index >= 15 is 0 Å². The topological polar surface area (TPSA) is 49.3 Å². The minimum absolute atomic E-state index is 0.171. The zero-order chi connectivity index (χ0) is 13.4. The monoisotopic (exact) mass is 280 g/mol. The van der Waals surface area contributed by atoms with Crippen molar-refractivity contribution in [3.05, 3.63) is 5.82 Å². The fourth-order valence-corrected chi connectivity index (χ4v) is 3.40. The van der Waals surface area contributed by atoms with E-state index in [0.29, 0.717) is 11.8 Å². The van der Waals surface area contributed by atoms with Gasteiger partial charge in [0.2, 0.25) is 11.0 Å². The number of hydrogen-bond donors (Lipinski definition) is 0. The Balaban J connectivity index is 1.55. The first kappa shape index (κ1) is 12.8. The van der Waals surface area contributed by atoms with E-state index in [-0.39, 0.29) is 5.92 Å². The number of amides is 1. The van der Waals surface area contributed by atoms with E-state index in [1.54, 1.807) is 0 Å². The molecule has 2 aliphatic rings. The number of rotatable bonds is 3. The van der Waals surface area contributed by atoms with Crippen LogP contribution in [0.1, 0.15) is 38.4 Å². The molecule has 1 amide bonds. The molecule has 5 nitrogen and oxygen atoms in total. The van der Waals surface area contributed by atoms with Crippen molar-refractivity contribution in [2.75, 3.05) is 31.1 Å². The summed E-state index contributed by atoms with van der Waals surface area (Å²) in [7, 11) is 0. The molecular formula is C13H20N4OS. The molecule has 104 valence electrons. The van der Waals surface area contributed by atoms with Crippen molar-refractivity contribution >= 4 is 22.6 Å². The summed E-state index contributed by atoms with van der Waals surface area (Å²) in [6, 6.07) is 0. The summed E-state index contributed by atoms with van der Waals surface area (Å²) < 4.78 is 4.36. The van der Waals surface area contributed by atoms with Crippen LogP contribution in [0.4, 0.5) is 5.13 Å². The first-order chi connectivity index (χ1) is 9.15. The van der Waals surface area contributed by atoms with Gasteiger partial charge in [0.1, 0.15) is 5.82 Å². The van der Waals surface area contributed by atoms with Crippen LogP contribution < -0.4 is 4.90 Å². The van der Waals surface area contributed by atoms with Gasteiger partial charge in [-0.25, -0.2) is 4.98 Å². The van der Waals surface area contributed by atoms with Gasteiger partial charge in [0, 0.05) is 43.6 Å². The highest BCUT2D eigenvalue weighted by atomic mass is 32.1. The molecule has 0 atom stereocenters. The van der Waals surface area contributed by atoms with Gasteiger partial charge in [-0.15, -0.1) is 0 Å². The molecule has 0 aromatic carbocycles. The van der Waals surface area contributed by atoms with Gasteiger partial charge >= 0.3 is 0 Å². The summed E-state index contributed by atoms with van der Waals surface area (Å²) >= 11 is 1.45.